The summed E-state index contributed by atoms with van der Waals surface area (Å²) < 4.78 is 10.7. The second-order valence-electron chi connectivity index (χ2n) is 7.26. The van der Waals surface area contributed by atoms with E-state index < -0.39 is 11.5 Å². The quantitative estimate of drug-likeness (QED) is 0.704. The molecule has 2 aliphatic rings. The second-order valence-corrected chi connectivity index (χ2v) is 7.26. The Kier molecular flexibility index (Phi) is 6.47. The molecule has 0 bridgehead atoms. The fraction of sp³-hybridized carbons (Fsp3) is 0.600. The number of nitriles is 1. The van der Waals surface area contributed by atoms with Gasteiger partial charge in [0, 0.05) is 7.05 Å². The summed E-state index contributed by atoms with van der Waals surface area (Å²) in [6.07, 6.45) is 6.00. The lowest BCUT2D eigenvalue weighted by molar-refractivity contribution is -0.364. The van der Waals surface area contributed by atoms with Crippen LogP contribution in [0.25, 0.3) is 0 Å². The molecule has 1 amide bonds. The summed E-state index contributed by atoms with van der Waals surface area (Å²) in [5.74, 6) is -0.253. The number of nitrogens with zero attached hydrogens (tertiary/aromatic N) is 3. The van der Waals surface area contributed by atoms with E-state index in [0.717, 1.165) is 19.3 Å². The predicted octanol–water partition coefficient (Wildman–Crippen LogP) is 1.18. The third-order valence-corrected chi connectivity index (χ3v) is 5.61. The lowest BCUT2D eigenvalue weighted by atomic mass is 9.81. The van der Waals surface area contributed by atoms with E-state index in [4.69, 9.17) is 9.47 Å². The van der Waals surface area contributed by atoms with Gasteiger partial charge in [0.05, 0.1) is 25.5 Å². The molecule has 150 valence electrons. The van der Waals surface area contributed by atoms with Gasteiger partial charge in [-0.2, -0.15) is 5.26 Å². The maximum absolute atomic E-state index is 12.6. The number of anilines is 1. The van der Waals surface area contributed by atoms with Crippen LogP contribution in [0.4, 0.5) is 5.82 Å². The summed E-state index contributed by atoms with van der Waals surface area (Å²) in [7, 11) is 1.63. The molecule has 0 atom stereocenters. The molecule has 1 N–H and O–H groups in total. The Morgan fingerprint density at radius 1 is 1.32 bits per heavy atom. The molecule has 1 saturated carbocycles. The molecule has 1 aromatic heterocycles. The molecule has 3 rings (SSSR count). The fourth-order valence-corrected chi connectivity index (χ4v) is 3.84. The Morgan fingerprint density at radius 2 is 2.04 bits per heavy atom. The zero-order valence-corrected chi connectivity index (χ0v) is 16.3. The predicted molar refractivity (Wildman–Crippen MR) is 101 cm³/mol. The van der Waals surface area contributed by atoms with E-state index in [9.17, 15) is 14.9 Å². The highest BCUT2D eigenvalue weighted by molar-refractivity contribution is 5.95. The zero-order chi connectivity index (χ0) is 20.0. The van der Waals surface area contributed by atoms with Crippen LogP contribution in [0.3, 0.4) is 0 Å². The first-order valence-corrected chi connectivity index (χ1v) is 9.76. The summed E-state index contributed by atoms with van der Waals surface area (Å²) in [6.45, 7) is 2.16. The van der Waals surface area contributed by atoms with Gasteiger partial charge < -0.3 is 14.4 Å². The van der Waals surface area contributed by atoms with Gasteiger partial charge in [0.15, 0.2) is 6.61 Å². The number of hydrogen-bond acceptors (Lipinski definition) is 6. The molecule has 1 aliphatic heterocycles. The number of aromatic nitrogens is 1. The average Bonchev–Trinajstić information content (AvgIpc) is 2.77. The van der Waals surface area contributed by atoms with Crippen LogP contribution in [0.15, 0.2) is 18.3 Å². The normalized spacial score (nSPS) is 18.8. The van der Waals surface area contributed by atoms with Gasteiger partial charge in [0.2, 0.25) is 0 Å². The van der Waals surface area contributed by atoms with Crippen molar-refractivity contribution < 1.29 is 24.0 Å². The summed E-state index contributed by atoms with van der Waals surface area (Å²) in [5, 5.41) is 9.63. The maximum Gasteiger partial charge on any atom is 0.347 e. The first kappa shape index (κ1) is 20.1. The molecule has 2 fully saturated rings. The van der Waals surface area contributed by atoms with Crippen molar-refractivity contribution in [1.82, 2.24) is 4.90 Å². The van der Waals surface area contributed by atoms with Crippen LogP contribution in [-0.4, -0.2) is 62.3 Å². The van der Waals surface area contributed by atoms with Crippen molar-refractivity contribution in [2.45, 2.75) is 37.6 Å². The summed E-state index contributed by atoms with van der Waals surface area (Å²) in [5.41, 5.74) is -0.408. The topological polar surface area (TPSA) is 97.0 Å². The molecule has 1 aliphatic carbocycles. The summed E-state index contributed by atoms with van der Waals surface area (Å²) >= 11 is 0. The number of H-pyrrole nitrogens is 1. The zero-order valence-electron chi connectivity index (χ0n) is 16.3. The standard InChI is InChI=1S/C20H26N4O4/c1-23(20(15-21)7-3-2-4-8-20)17(25)14-28-19(26)16-6-5-9-22-18(16)24-10-12-27-13-11-24/h5-6,9H,2-4,7-8,10-14H2,1H3/p+1. The van der Waals surface area contributed by atoms with Gasteiger partial charge in [-0.15, -0.1) is 0 Å². The first-order chi connectivity index (χ1) is 13.6. The molecule has 8 nitrogen and oxygen atoms in total. The van der Waals surface area contributed by atoms with Gasteiger partial charge in [-0.25, -0.2) is 9.78 Å². The number of rotatable bonds is 5. The van der Waals surface area contributed by atoms with Gasteiger partial charge in [-0.1, -0.05) is 19.3 Å². The van der Waals surface area contributed by atoms with Crippen molar-refractivity contribution in [3.8, 4) is 6.07 Å². The SMILES string of the molecule is CN(C(=O)COC(=O)c1ccc[nH+]c1N1CCOCC1)C1(C#N)CCCCC1. The lowest BCUT2D eigenvalue weighted by Crippen LogP contribution is -2.51. The molecule has 1 aromatic rings. The Bertz CT molecular complexity index is 749. The van der Waals surface area contributed by atoms with E-state index >= 15 is 0 Å². The third kappa shape index (κ3) is 4.25. The molecule has 0 unspecified atom stereocenters. The third-order valence-electron chi connectivity index (χ3n) is 5.61. The summed E-state index contributed by atoms with van der Waals surface area (Å²) in [6, 6.07) is 5.71. The van der Waals surface area contributed by atoms with Crippen LogP contribution in [0.2, 0.25) is 0 Å². The number of morpholine rings is 1. The molecule has 0 spiro atoms. The van der Waals surface area contributed by atoms with Crippen LogP contribution < -0.4 is 9.88 Å². The monoisotopic (exact) mass is 387 g/mol. The number of hydrogen-bond donors (Lipinski definition) is 0. The van der Waals surface area contributed by atoms with E-state index in [1.165, 1.54) is 4.90 Å². The van der Waals surface area contributed by atoms with Crippen LogP contribution in [0.1, 0.15) is 42.5 Å². The van der Waals surface area contributed by atoms with Gasteiger partial charge >= 0.3 is 5.97 Å². The molecule has 8 heteroatoms. The van der Waals surface area contributed by atoms with Crippen molar-refractivity contribution in [3.63, 3.8) is 0 Å². The number of pyridine rings is 1. The van der Waals surface area contributed by atoms with E-state index in [1.807, 2.05) is 4.90 Å². The van der Waals surface area contributed by atoms with Gasteiger partial charge in [-0.05, 0) is 25.0 Å². The van der Waals surface area contributed by atoms with E-state index in [0.29, 0.717) is 50.5 Å². The van der Waals surface area contributed by atoms with Crippen LogP contribution in [0, 0.1) is 11.3 Å². The number of carbonyl (C=O) groups excluding carboxylic acids is 2. The highest BCUT2D eigenvalue weighted by Crippen LogP contribution is 2.32. The number of esters is 1. The molecule has 2 heterocycles. The molecular weight excluding hydrogens is 360 g/mol. The lowest BCUT2D eigenvalue weighted by Gasteiger charge is -2.38. The Balaban J connectivity index is 1.64. The number of amides is 1. The van der Waals surface area contributed by atoms with Crippen molar-refractivity contribution in [2.24, 2.45) is 0 Å². The van der Waals surface area contributed by atoms with Crippen molar-refractivity contribution >= 4 is 17.7 Å². The van der Waals surface area contributed by atoms with Crippen LogP contribution >= 0.6 is 0 Å². The molecule has 28 heavy (non-hydrogen) atoms. The molecule has 1 saturated heterocycles. The van der Waals surface area contributed by atoms with Crippen molar-refractivity contribution in [3.05, 3.63) is 23.9 Å². The van der Waals surface area contributed by atoms with Crippen LogP contribution in [0.5, 0.6) is 0 Å². The Labute approximate surface area is 165 Å². The minimum Gasteiger partial charge on any atom is -0.452 e. The minimum atomic E-state index is -0.790. The first-order valence-electron chi connectivity index (χ1n) is 9.76. The van der Waals surface area contributed by atoms with Crippen LogP contribution in [-0.2, 0) is 14.3 Å². The maximum atomic E-state index is 12.6. The number of ether oxygens (including phenoxy) is 2. The van der Waals surface area contributed by atoms with E-state index in [-0.39, 0.29) is 12.5 Å². The van der Waals surface area contributed by atoms with Gasteiger partial charge in [0.25, 0.3) is 11.7 Å². The fourth-order valence-electron chi connectivity index (χ4n) is 3.84. The van der Waals surface area contributed by atoms with Crippen molar-refractivity contribution in [1.29, 1.82) is 5.26 Å². The number of carbonyl (C=O) groups is 2. The van der Waals surface area contributed by atoms with Crippen molar-refractivity contribution in [2.75, 3.05) is 44.9 Å². The van der Waals surface area contributed by atoms with Gasteiger partial charge in [-0.3, -0.25) is 9.69 Å². The minimum absolute atomic E-state index is 0.357. The molecular formula is C20H27N4O4+. The smallest absolute Gasteiger partial charge is 0.347 e. The summed E-state index contributed by atoms with van der Waals surface area (Å²) in [4.78, 5) is 31.8. The van der Waals surface area contributed by atoms with E-state index in [1.54, 1.807) is 25.4 Å². The number of aromatic amines is 1. The highest BCUT2D eigenvalue weighted by Gasteiger charge is 2.39. The number of nitrogens with one attached hydrogen (secondary N) is 1. The van der Waals surface area contributed by atoms with Gasteiger partial charge in [0.1, 0.15) is 24.2 Å². The average molecular weight is 387 g/mol. The largest absolute Gasteiger partial charge is 0.452 e. The highest BCUT2D eigenvalue weighted by atomic mass is 16.5. The molecule has 0 radical (unpaired) electrons. The van der Waals surface area contributed by atoms with E-state index in [2.05, 4.69) is 11.1 Å². The Morgan fingerprint density at radius 3 is 2.71 bits per heavy atom. The second kappa shape index (κ2) is 9.02. The molecule has 0 aromatic carbocycles. The number of likely N-dealkylation sites (N-methyl/N-ethyl adjacent to an activating group) is 1. The Hall–Kier alpha value is -2.66.